The van der Waals surface area contributed by atoms with Crippen LogP contribution in [0.4, 0.5) is 5.69 Å². The van der Waals surface area contributed by atoms with Gasteiger partial charge in [-0.2, -0.15) is 0 Å². The lowest BCUT2D eigenvalue weighted by Gasteiger charge is -2.15. The summed E-state index contributed by atoms with van der Waals surface area (Å²) >= 11 is 7.37. The van der Waals surface area contributed by atoms with Gasteiger partial charge in [0.05, 0.1) is 17.7 Å². The lowest BCUT2D eigenvalue weighted by molar-refractivity contribution is -0.122. The number of hydrogen-bond donors (Lipinski definition) is 0. The molecule has 1 fully saturated rings. The minimum absolute atomic E-state index is 0.0613. The van der Waals surface area contributed by atoms with Crippen molar-refractivity contribution in [3.8, 4) is 11.5 Å². The number of aliphatic imine (C=N–C) groups is 1. The summed E-state index contributed by atoms with van der Waals surface area (Å²) in [6.07, 6.45) is 2.62. The zero-order valence-corrected chi connectivity index (χ0v) is 23.9. The molecule has 0 saturated carbocycles. The van der Waals surface area contributed by atoms with Gasteiger partial charge in [0.15, 0.2) is 16.7 Å². The van der Waals surface area contributed by atoms with E-state index >= 15 is 0 Å². The van der Waals surface area contributed by atoms with E-state index in [-0.39, 0.29) is 5.91 Å². The molecule has 40 heavy (non-hydrogen) atoms. The fourth-order valence-electron chi connectivity index (χ4n) is 4.19. The first kappa shape index (κ1) is 27.6. The zero-order valence-electron chi connectivity index (χ0n) is 22.3. The van der Waals surface area contributed by atoms with E-state index in [1.54, 1.807) is 12.0 Å². The lowest BCUT2D eigenvalue weighted by atomic mass is 10.1. The number of halogens is 1. The number of ether oxygens (including phenoxy) is 2. The summed E-state index contributed by atoms with van der Waals surface area (Å²) in [5.74, 6) is 1.15. The zero-order chi connectivity index (χ0) is 27.9. The average Bonchev–Trinajstić information content (AvgIpc) is 3.26. The molecule has 0 atom stereocenters. The summed E-state index contributed by atoms with van der Waals surface area (Å²) in [5, 5.41) is 1.36. The summed E-state index contributed by atoms with van der Waals surface area (Å²) in [7, 11) is 1.61. The Bertz CT molecular complexity index is 1530. The minimum atomic E-state index is -0.0613. The largest absolute Gasteiger partial charge is 0.493 e. The summed E-state index contributed by atoms with van der Waals surface area (Å²) in [6, 6.07) is 31.3. The highest BCUT2D eigenvalue weighted by molar-refractivity contribution is 8.18. The number of nitrogens with zero attached hydrogens (tertiary/aromatic N) is 2. The van der Waals surface area contributed by atoms with Crippen molar-refractivity contribution >= 4 is 46.2 Å². The second-order valence-corrected chi connectivity index (χ2v) is 10.8. The number of hydrogen-bond acceptors (Lipinski definition) is 5. The molecule has 0 aromatic heterocycles. The first-order valence-electron chi connectivity index (χ1n) is 12.9. The van der Waals surface area contributed by atoms with Crippen molar-refractivity contribution in [2.75, 3.05) is 13.7 Å². The third kappa shape index (κ3) is 6.95. The third-order valence-electron chi connectivity index (χ3n) is 6.41. The Morgan fingerprint density at radius 1 is 0.900 bits per heavy atom. The molecule has 1 heterocycles. The second-order valence-electron chi connectivity index (χ2n) is 9.36. The van der Waals surface area contributed by atoms with Crippen molar-refractivity contribution in [1.82, 2.24) is 4.90 Å². The number of carbonyl (C=O) groups is 1. The molecule has 4 aromatic carbocycles. The molecule has 0 bridgehead atoms. The van der Waals surface area contributed by atoms with Gasteiger partial charge in [-0.15, -0.1) is 0 Å². The van der Waals surface area contributed by atoms with E-state index in [0.29, 0.717) is 39.7 Å². The predicted octanol–water partition coefficient (Wildman–Crippen LogP) is 8.08. The van der Waals surface area contributed by atoms with Crippen LogP contribution in [0.25, 0.3) is 6.08 Å². The molecule has 0 spiro atoms. The van der Waals surface area contributed by atoms with E-state index in [1.807, 2.05) is 97.9 Å². The molecule has 1 saturated heterocycles. The number of rotatable bonds is 9. The number of methoxy groups -OCH3 is 1. The van der Waals surface area contributed by atoms with Crippen LogP contribution in [-0.2, 0) is 17.8 Å². The number of carbonyl (C=O) groups excluding carboxylic acids is 1. The summed E-state index contributed by atoms with van der Waals surface area (Å²) in [4.78, 5) is 20.8. The smallest absolute Gasteiger partial charge is 0.266 e. The van der Waals surface area contributed by atoms with Crippen molar-refractivity contribution in [1.29, 1.82) is 0 Å². The normalized spacial score (nSPS) is 15.2. The van der Waals surface area contributed by atoms with E-state index in [1.165, 1.54) is 17.3 Å². The molecule has 0 unspecified atom stereocenters. The van der Waals surface area contributed by atoms with Crippen LogP contribution >= 0.6 is 23.4 Å². The standard InChI is InChI=1S/C33H29ClN2O3S/c1-23-8-15-28(16-9-23)35-33-36(19-18-24-6-4-3-5-7-24)32(37)31(40-33)21-26-12-17-29(30(20-26)38-2)39-22-25-10-13-27(34)14-11-25/h3-17,20-21H,18-19,22H2,1-2H3/b31-21+,35-33?. The van der Waals surface area contributed by atoms with Crippen molar-refractivity contribution in [3.63, 3.8) is 0 Å². The monoisotopic (exact) mass is 568 g/mol. The van der Waals surface area contributed by atoms with Gasteiger partial charge in [-0.3, -0.25) is 9.69 Å². The quantitative estimate of drug-likeness (QED) is 0.191. The molecular formula is C33H29ClN2O3S. The molecule has 7 heteroatoms. The molecule has 1 amide bonds. The summed E-state index contributed by atoms with van der Waals surface area (Å²) in [5.41, 5.74) is 4.99. The van der Waals surface area contributed by atoms with Crippen molar-refractivity contribution in [2.45, 2.75) is 20.0 Å². The van der Waals surface area contributed by atoms with Gasteiger partial charge >= 0.3 is 0 Å². The third-order valence-corrected chi connectivity index (χ3v) is 7.67. The summed E-state index contributed by atoms with van der Waals surface area (Å²) < 4.78 is 11.6. The number of thioether (sulfide) groups is 1. The van der Waals surface area contributed by atoms with E-state index in [4.69, 9.17) is 26.1 Å². The lowest BCUT2D eigenvalue weighted by Crippen LogP contribution is -2.31. The molecule has 0 aliphatic carbocycles. The minimum Gasteiger partial charge on any atom is -0.493 e. The van der Waals surface area contributed by atoms with Crippen LogP contribution in [0.15, 0.2) is 107 Å². The molecule has 4 aromatic rings. The van der Waals surface area contributed by atoms with Gasteiger partial charge in [-0.25, -0.2) is 4.99 Å². The molecule has 0 N–H and O–H groups in total. The Labute approximate surface area is 244 Å². The second kappa shape index (κ2) is 12.9. The van der Waals surface area contributed by atoms with Crippen LogP contribution in [0.1, 0.15) is 22.3 Å². The first-order chi connectivity index (χ1) is 19.5. The number of benzene rings is 4. The van der Waals surface area contributed by atoms with Crippen molar-refractivity contribution in [2.24, 2.45) is 4.99 Å². The maximum atomic E-state index is 13.6. The molecule has 0 radical (unpaired) electrons. The van der Waals surface area contributed by atoms with Crippen LogP contribution < -0.4 is 9.47 Å². The number of aryl methyl sites for hydroxylation is 1. The van der Waals surface area contributed by atoms with Gasteiger partial charge in [0.25, 0.3) is 5.91 Å². The number of amidine groups is 1. The van der Waals surface area contributed by atoms with Crippen molar-refractivity contribution in [3.05, 3.63) is 129 Å². The van der Waals surface area contributed by atoms with Crippen LogP contribution in [0.2, 0.25) is 5.02 Å². The Morgan fingerprint density at radius 2 is 1.65 bits per heavy atom. The van der Waals surface area contributed by atoms with Gasteiger partial charge in [-0.1, -0.05) is 77.8 Å². The van der Waals surface area contributed by atoms with Gasteiger partial charge in [0.1, 0.15) is 6.61 Å². The topological polar surface area (TPSA) is 51.1 Å². The van der Waals surface area contributed by atoms with Gasteiger partial charge in [-0.05, 0) is 84.3 Å². The molecule has 1 aliphatic heterocycles. The van der Waals surface area contributed by atoms with Crippen LogP contribution in [0.3, 0.4) is 0 Å². The predicted molar refractivity (Wildman–Crippen MR) is 164 cm³/mol. The first-order valence-corrected chi connectivity index (χ1v) is 14.1. The van der Waals surface area contributed by atoms with E-state index in [9.17, 15) is 4.79 Å². The molecule has 1 aliphatic rings. The molecular weight excluding hydrogens is 540 g/mol. The Balaban J connectivity index is 1.37. The maximum absolute atomic E-state index is 13.6. The van der Waals surface area contributed by atoms with Gasteiger partial charge in [0.2, 0.25) is 0 Å². The van der Waals surface area contributed by atoms with Crippen LogP contribution in [0, 0.1) is 6.92 Å². The van der Waals surface area contributed by atoms with E-state index in [2.05, 4.69) is 12.1 Å². The van der Waals surface area contributed by atoms with E-state index in [0.717, 1.165) is 28.8 Å². The summed E-state index contributed by atoms with van der Waals surface area (Å²) in [6.45, 7) is 2.97. The Kier molecular flexibility index (Phi) is 8.89. The highest BCUT2D eigenvalue weighted by atomic mass is 35.5. The van der Waals surface area contributed by atoms with E-state index < -0.39 is 0 Å². The molecule has 5 rings (SSSR count). The highest BCUT2D eigenvalue weighted by Crippen LogP contribution is 2.36. The molecule has 202 valence electrons. The van der Waals surface area contributed by atoms with Crippen molar-refractivity contribution < 1.29 is 14.3 Å². The average molecular weight is 569 g/mol. The highest BCUT2D eigenvalue weighted by Gasteiger charge is 2.33. The Morgan fingerprint density at radius 3 is 2.38 bits per heavy atom. The van der Waals surface area contributed by atoms with Gasteiger partial charge < -0.3 is 9.47 Å². The molecule has 5 nitrogen and oxygen atoms in total. The Hall–Kier alpha value is -4.00. The van der Waals surface area contributed by atoms with Crippen LogP contribution in [-0.4, -0.2) is 29.6 Å². The number of amides is 1. The van der Waals surface area contributed by atoms with Gasteiger partial charge in [0, 0.05) is 11.6 Å². The maximum Gasteiger partial charge on any atom is 0.266 e. The van der Waals surface area contributed by atoms with Crippen LogP contribution in [0.5, 0.6) is 11.5 Å². The fourth-order valence-corrected chi connectivity index (χ4v) is 5.34. The SMILES string of the molecule is COc1cc(/C=C2/SC(=Nc3ccc(C)cc3)N(CCc3ccccc3)C2=O)ccc1OCc1ccc(Cl)cc1. The fraction of sp³-hybridized carbons (Fsp3) is 0.152.